The van der Waals surface area contributed by atoms with Gasteiger partial charge < -0.3 is 4.74 Å². The van der Waals surface area contributed by atoms with E-state index < -0.39 is 0 Å². The Morgan fingerprint density at radius 3 is 2.70 bits per heavy atom. The lowest BCUT2D eigenvalue weighted by atomic mass is 9.85. The Bertz CT molecular complexity index is 600. The molecular formula is C16H21BrN2O. The number of methoxy groups -OCH3 is 1. The highest BCUT2D eigenvalue weighted by Gasteiger charge is 2.22. The van der Waals surface area contributed by atoms with Crippen molar-refractivity contribution in [3.63, 3.8) is 0 Å². The predicted octanol–water partition coefficient (Wildman–Crippen LogP) is 4.95. The minimum atomic E-state index is 0.565. The number of hydrogen-bond donors (Lipinski definition) is 0. The van der Waals surface area contributed by atoms with Crippen molar-refractivity contribution in [1.82, 2.24) is 9.78 Å². The topological polar surface area (TPSA) is 27.1 Å². The monoisotopic (exact) mass is 336 g/mol. The van der Waals surface area contributed by atoms with Crippen molar-refractivity contribution < 1.29 is 4.74 Å². The van der Waals surface area contributed by atoms with Gasteiger partial charge in [0.25, 0.3) is 0 Å². The summed E-state index contributed by atoms with van der Waals surface area (Å²) >= 11 is 3.54. The molecule has 3 rings (SSSR count). The SMILES string of the molecule is CCC1CCC(n2cc3cc(Br)c(OC)cc3n2)CC1. The molecular weight excluding hydrogens is 316 g/mol. The molecule has 108 valence electrons. The van der Waals surface area contributed by atoms with Crippen molar-refractivity contribution in [3.8, 4) is 5.75 Å². The third-order valence-electron chi connectivity index (χ3n) is 4.56. The van der Waals surface area contributed by atoms with E-state index in [9.17, 15) is 0 Å². The van der Waals surface area contributed by atoms with Gasteiger partial charge in [0, 0.05) is 17.6 Å². The van der Waals surface area contributed by atoms with Crippen molar-refractivity contribution in [2.24, 2.45) is 5.92 Å². The van der Waals surface area contributed by atoms with Gasteiger partial charge in [0.15, 0.2) is 0 Å². The average molecular weight is 337 g/mol. The number of rotatable bonds is 3. The standard InChI is InChI=1S/C16H21BrN2O/c1-3-11-4-6-13(7-5-11)19-10-12-8-14(17)16(20-2)9-15(12)18-19/h8-11,13H,3-7H2,1-2H3. The fourth-order valence-corrected chi connectivity index (χ4v) is 3.73. The van der Waals surface area contributed by atoms with E-state index in [2.05, 4.69) is 39.8 Å². The summed E-state index contributed by atoms with van der Waals surface area (Å²) < 4.78 is 8.50. The van der Waals surface area contributed by atoms with Gasteiger partial charge in [-0.3, -0.25) is 4.68 Å². The summed E-state index contributed by atoms with van der Waals surface area (Å²) in [6.45, 7) is 2.30. The van der Waals surface area contributed by atoms with Crippen LogP contribution in [0.3, 0.4) is 0 Å². The minimum Gasteiger partial charge on any atom is -0.495 e. The summed E-state index contributed by atoms with van der Waals surface area (Å²) in [6.07, 6.45) is 8.68. The smallest absolute Gasteiger partial charge is 0.135 e. The maximum atomic E-state index is 5.34. The van der Waals surface area contributed by atoms with E-state index in [0.717, 1.165) is 21.7 Å². The molecule has 3 nitrogen and oxygen atoms in total. The largest absolute Gasteiger partial charge is 0.495 e. The first-order valence-corrected chi connectivity index (χ1v) is 8.23. The van der Waals surface area contributed by atoms with Gasteiger partial charge in [-0.2, -0.15) is 5.10 Å². The summed E-state index contributed by atoms with van der Waals surface area (Å²) in [7, 11) is 1.69. The second-order valence-electron chi connectivity index (χ2n) is 5.74. The zero-order chi connectivity index (χ0) is 14.1. The Labute approximate surface area is 128 Å². The number of hydrogen-bond acceptors (Lipinski definition) is 2. The van der Waals surface area contributed by atoms with E-state index in [1.165, 1.54) is 37.5 Å². The molecule has 0 atom stereocenters. The van der Waals surface area contributed by atoms with Crippen LogP contribution < -0.4 is 4.74 Å². The van der Waals surface area contributed by atoms with E-state index in [4.69, 9.17) is 9.84 Å². The molecule has 0 N–H and O–H groups in total. The third-order valence-corrected chi connectivity index (χ3v) is 5.18. The number of aromatic nitrogens is 2. The highest BCUT2D eigenvalue weighted by atomic mass is 79.9. The molecule has 1 saturated carbocycles. The van der Waals surface area contributed by atoms with E-state index in [1.807, 2.05) is 6.07 Å². The lowest BCUT2D eigenvalue weighted by Gasteiger charge is -2.27. The van der Waals surface area contributed by atoms with Gasteiger partial charge in [0.1, 0.15) is 5.75 Å². The van der Waals surface area contributed by atoms with Gasteiger partial charge in [-0.1, -0.05) is 13.3 Å². The van der Waals surface area contributed by atoms with Crippen molar-refractivity contribution in [3.05, 3.63) is 22.8 Å². The minimum absolute atomic E-state index is 0.565. The number of benzene rings is 1. The van der Waals surface area contributed by atoms with Crippen LogP contribution in [0.15, 0.2) is 22.8 Å². The number of nitrogens with zero attached hydrogens (tertiary/aromatic N) is 2. The molecule has 4 heteroatoms. The van der Waals surface area contributed by atoms with Gasteiger partial charge >= 0.3 is 0 Å². The quantitative estimate of drug-likeness (QED) is 0.792. The Morgan fingerprint density at radius 1 is 1.30 bits per heavy atom. The molecule has 1 aliphatic carbocycles. The van der Waals surface area contributed by atoms with Crippen LogP contribution in [0.5, 0.6) is 5.75 Å². The second-order valence-corrected chi connectivity index (χ2v) is 6.59. The van der Waals surface area contributed by atoms with Crippen molar-refractivity contribution >= 4 is 26.8 Å². The summed E-state index contributed by atoms with van der Waals surface area (Å²) in [5, 5.41) is 5.93. The molecule has 1 aromatic carbocycles. The normalized spacial score (nSPS) is 23.1. The summed E-state index contributed by atoms with van der Waals surface area (Å²) in [4.78, 5) is 0. The van der Waals surface area contributed by atoms with Gasteiger partial charge in [-0.05, 0) is 53.6 Å². The van der Waals surface area contributed by atoms with Crippen LogP contribution in [0.1, 0.15) is 45.1 Å². The van der Waals surface area contributed by atoms with Gasteiger partial charge in [0.05, 0.1) is 23.1 Å². The van der Waals surface area contributed by atoms with E-state index in [-0.39, 0.29) is 0 Å². The highest BCUT2D eigenvalue weighted by molar-refractivity contribution is 9.10. The number of halogens is 1. The summed E-state index contributed by atoms with van der Waals surface area (Å²) in [5.41, 5.74) is 1.02. The van der Waals surface area contributed by atoms with Crippen molar-refractivity contribution in [1.29, 1.82) is 0 Å². The molecule has 0 saturated heterocycles. The highest BCUT2D eigenvalue weighted by Crippen LogP contribution is 2.35. The molecule has 1 heterocycles. The van der Waals surface area contributed by atoms with Crippen LogP contribution in [0.25, 0.3) is 10.9 Å². The fraction of sp³-hybridized carbons (Fsp3) is 0.562. The van der Waals surface area contributed by atoms with Gasteiger partial charge in [0.2, 0.25) is 0 Å². The summed E-state index contributed by atoms with van der Waals surface area (Å²) in [5.74, 6) is 1.77. The number of fused-ring (bicyclic) bond motifs is 1. The van der Waals surface area contributed by atoms with E-state index in [1.54, 1.807) is 7.11 Å². The average Bonchev–Trinajstić information content (AvgIpc) is 2.89. The van der Waals surface area contributed by atoms with Crippen LogP contribution in [0, 0.1) is 5.92 Å². The lowest BCUT2D eigenvalue weighted by Crippen LogP contribution is -2.18. The maximum Gasteiger partial charge on any atom is 0.135 e. The molecule has 1 fully saturated rings. The second kappa shape index (κ2) is 5.76. The lowest BCUT2D eigenvalue weighted by molar-refractivity contribution is 0.257. The molecule has 0 aliphatic heterocycles. The molecule has 0 unspecified atom stereocenters. The van der Waals surface area contributed by atoms with Crippen LogP contribution in [-0.4, -0.2) is 16.9 Å². The first kappa shape index (κ1) is 13.9. The van der Waals surface area contributed by atoms with Gasteiger partial charge in [-0.15, -0.1) is 0 Å². The molecule has 1 aromatic heterocycles. The molecule has 2 aromatic rings. The first-order valence-electron chi connectivity index (χ1n) is 7.43. The molecule has 20 heavy (non-hydrogen) atoms. The van der Waals surface area contributed by atoms with Crippen LogP contribution in [0.4, 0.5) is 0 Å². The van der Waals surface area contributed by atoms with Crippen LogP contribution >= 0.6 is 15.9 Å². The third kappa shape index (κ3) is 2.58. The van der Waals surface area contributed by atoms with Crippen LogP contribution in [0.2, 0.25) is 0 Å². The molecule has 0 bridgehead atoms. The van der Waals surface area contributed by atoms with Crippen LogP contribution in [-0.2, 0) is 0 Å². The first-order chi connectivity index (χ1) is 9.71. The molecule has 0 amide bonds. The summed E-state index contributed by atoms with van der Waals surface area (Å²) in [6, 6.07) is 4.66. The Hall–Kier alpha value is -1.03. The van der Waals surface area contributed by atoms with Crippen molar-refractivity contribution in [2.45, 2.75) is 45.1 Å². The maximum absolute atomic E-state index is 5.34. The molecule has 0 spiro atoms. The fourth-order valence-electron chi connectivity index (χ4n) is 3.20. The number of ether oxygens (including phenoxy) is 1. The van der Waals surface area contributed by atoms with E-state index in [0.29, 0.717) is 6.04 Å². The zero-order valence-corrected chi connectivity index (χ0v) is 13.7. The predicted molar refractivity (Wildman–Crippen MR) is 85.3 cm³/mol. The zero-order valence-electron chi connectivity index (χ0n) is 12.1. The Balaban J connectivity index is 1.86. The van der Waals surface area contributed by atoms with Crippen molar-refractivity contribution in [2.75, 3.05) is 7.11 Å². The van der Waals surface area contributed by atoms with E-state index >= 15 is 0 Å². The molecule has 1 aliphatic rings. The van der Waals surface area contributed by atoms with Gasteiger partial charge in [-0.25, -0.2) is 0 Å². The Morgan fingerprint density at radius 2 is 2.05 bits per heavy atom. The Kier molecular flexibility index (Phi) is 4.01. The molecule has 0 radical (unpaired) electrons.